The highest BCUT2D eigenvalue weighted by atomic mass is 32.2. The van der Waals surface area contributed by atoms with E-state index in [1.165, 1.54) is 17.8 Å². The van der Waals surface area contributed by atoms with Crippen molar-refractivity contribution in [3.8, 4) is 0 Å². The highest BCUT2D eigenvalue weighted by Crippen LogP contribution is 2.24. The van der Waals surface area contributed by atoms with E-state index in [4.69, 9.17) is 4.74 Å². The summed E-state index contributed by atoms with van der Waals surface area (Å²) < 4.78 is 31.0. The van der Waals surface area contributed by atoms with Gasteiger partial charge in [0.05, 0.1) is 5.25 Å². The van der Waals surface area contributed by atoms with Crippen LogP contribution in [0.1, 0.15) is 20.3 Å². The first kappa shape index (κ1) is 16.9. The third-order valence-corrected chi connectivity index (χ3v) is 3.64. The maximum Gasteiger partial charge on any atom is 0.233 e. The summed E-state index contributed by atoms with van der Waals surface area (Å²) in [6.45, 7) is 5.46. The van der Waals surface area contributed by atoms with Gasteiger partial charge < -0.3 is 10.1 Å². The Hall–Kier alpha value is -1.14. The number of hydrogen-bond acceptors (Lipinski definition) is 3. The van der Waals surface area contributed by atoms with E-state index in [-0.39, 0.29) is 11.2 Å². The van der Waals surface area contributed by atoms with Crippen LogP contribution in [0.2, 0.25) is 0 Å². The zero-order valence-electron chi connectivity index (χ0n) is 11.6. The van der Waals surface area contributed by atoms with Gasteiger partial charge in [-0.25, -0.2) is 8.78 Å². The number of thioether (sulfide) groups is 1. The highest BCUT2D eigenvalue weighted by molar-refractivity contribution is 8.00. The van der Waals surface area contributed by atoms with Gasteiger partial charge in [0.1, 0.15) is 0 Å². The van der Waals surface area contributed by atoms with Crippen LogP contribution in [-0.2, 0) is 9.53 Å². The van der Waals surface area contributed by atoms with Gasteiger partial charge in [0.2, 0.25) is 5.91 Å². The van der Waals surface area contributed by atoms with Crippen LogP contribution < -0.4 is 5.32 Å². The van der Waals surface area contributed by atoms with Crippen molar-refractivity contribution in [2.24, 2.45) is 0 Å². The lowest BCUT2D eigenvalue weighted by atomic mass is 10.3. The fourth-order valence-corrected chi connectivity index (χ4v) is 2.40. The Morgan fingerprint density at radius 3 is 2.80 bits per heavy atom. The Kier molecular flexibility index (Phi) is 7.54. The van der Waals surface area contributed by atoms with Crippen molar-refractivity contribution in [1.29, 1.82) is 0 Å². The molecule has 0 fully saturated rings. The van der Waals surface area contributed by atoms with Gasteiger partial charge in [-0.1, -0.05) is 0 Å². The third kappa shape index (κ3) is 5.88. The molecule has 0 aromatic heterocycles. The molecule has 0 spiro atoms. The Morgan fingerprint density at radius 1 is 1.40 bits per heavy atom. The van der Waals surface area contributed by atoms with Crippen LogP contribution in [-0.4, -0.2) is 30.9 Å². The quantitative estimate of drug-likeness (QED) is 0.593. The molecular weight excluding hydrogens is 284 g/mol. The minimum absolute atomic E-state index is 0.128. The molecule has 0 bridgehead atoms. The molecule has 1 aromatic rings. The van der Waals surface area contributed by atoms with Gasteiger partial charge in [-0.2, -0.15) is 0 Å². The van der Waals surface area contributed by atoms with E-state index in [1.54, 1.807) is 6.92 Å². The van der Waals surface area contributed by atoms with Crippen molar-refractivity contribution in [3.63, 3.8) is 0 Å². The second kappa shape index (κ2) is 8.92. The lowest BCUT2D eigenvalue weighted by molar-refractivity contribution is -0.120. The summed E-state index contributed by atoms with van der Waals surface area (Å²) in [5.41, 5.74) is 0. The monoisotopic (exact) mass is 303 g/mol. The molecule has 0 aliphatic heterocycles. The van der Waals surface area contributed by atoms with Crippen LogP contribution in [0.4, 0.5) is 8.78 Å². The van der Waals surface area contributed by atoms with Crippen molar-refractivity contribution >= 4 is 17.7 Å². The molecule has 0 heterocycles. The zero-order chi connectivity index (χ0) is 15.0. The fourth-order valence-electron chi connectivity index (χ4n) is 1.48. The largest absolute Gasteiger partial charge is 0.382 e. The van der Waals surface area contributed by atoms with Gasteiger partial charge in [0, 0.05) is 24.7 Å². The Morgan fingerprint density at radius 2 is 2.15 bits per heavy atom. The summed E-state index contributed by atoms with van der Waals surface area (Å²) in [6, 6.07) is 3.62. The van der Waals surface area contributed by atoms with E-state index in [0.29, 0.717) is 24.7 Å². The van der Waals surface area contributed by atoms with Crippen LogP contribution in [0.25, 0.3) is 0 Å². The molecule has 1 aromatic carbocycles. The second-order valence-electron chi connectivity index (χ2n) is 4.18. The van der Waals surface area contributed by atoms with Crippen LogP contribution in [0.5, 0.6) is 0 Å². The fraction of sp³-hybridized carbons (Fsp3) is 0.500. The van der Waals surface area contributed by atoms with E-state index >= 15 is 0 Å². The smallest absolute Gasteiger partial charge is 0.233 e. The number of carbonyl (C=O) groups excluding carboxylic acids is 1. The molecule has 1 amide bonds. The van der Waals surface area contributed by atoms with Gasteiger partial charge in [-0.15, -0.1) is 11.8 Å². The lowest BCUT2D eigenvalue weighted by Gasteiger charge is -2.12. The van der Waals surface area contributed by atoms with Crippen LogP contribution in [0, 0.1) is 11.6 Å². The number of halogens is 2. The Balaban J connectivity index is 2.35. The van der Waals surface area contributed by atoms with Gasteiger partial charge in [-0.05, 0) is 38.5 Å². The van der Waals surface area contributed by atoms with Gasteiger partial charge in [0.25, 0.3) is 0 Å². The molecule has 1 atom stereocenters. The maximum absolute atomic E-state index is 13.0. The van der Waals surface area contributed by atoms with E-state index in [2.05, 4.69) is 5.32 Å². The predicted octanol–water partition coefficient (Wildman–Crippen LogP) is 2.99. The lowest BCUT2D eigenvalue weighted by Crippen LogP contribution is -2.32. The molecule has 20 heavy (non-hydrogen) atoms. The average Bonchev–Trinajstić information content (AvgIpc) is 2.42. The number of nitrogens with one attached hydrogen (secondary N) is 1. The average molecular weight is 303 g/mol. The van der Waals surface area contributed by atoms with Gasteiger partial charge in [0.15, 0.2) is 11.6 Å². The number of rotatable bonds is 8. The summed E-state index contributed by atoms with van der Waals surface area (Å²) in [4.78, 5) is 12.3. The van der Waals surface area contributed by atoms with E-state index in [1.807, 2.05) is 6.92 Å². The minimum atomic E-state index is -0.903. The zero-order valence-corrected chi connectivity index (χ0v) is 12.4. The number of ether oxygens (including phenoxy) is 1. The molecule has 3 nitrogen and oxygen atoms in total. The molecule has 0 aliphatic carbocycles. The van der Waals surface area contributed by atoms with Crippen molar-refractivity contribution in [3.05, 3.63) is 29.8 Å². The first-order valence-electron chi connectivity index (χ1n) is 6.51. The first-order chi connectivity index (χ1) is 9.54. The molecule has 112 valence electrons. The van der Waals surface area contributed by atoms with Gasteiger partial charge in [-0.3, -0.25) is 4.79 Å². The molecule has 1 rings (SSSR count). The van der Waals surface area contributed by atoms with Crippen LogP contribution in [0.15, 0.2) is 23.1 Å². The highest BCUT2D eigenvalue weighted by Gasteiger charge is 2.14. The molecule has 1 unspecified atom stereocenters. The number of benzene rings is 1. The summed E-state index contributed by atoms with van der Waals surface area (Å²) >= 11 is 1.19. The van der Waals surface area contributed by atoms with Crippen molar-refractivity contribution in [2.75, 3.05) is 19.8 Å². The van der Waals surface area contributed by atoms with Crippen LogP contribution in [0.3, 0.4) is 0 Å². The molecule has 0 saturated carbocycles. The van der Waals surface area contributed by atoms with E-state index < -0.39 is 11.6 Å². The minimum Gasteiger partial charge on any atom is -0.382 e. The Labute approximate surface area is 122 Å². The number of hydrogen-bond donors (Lipinski definition) is 1. The topological polar surface area (TPSA) is 38.3 Å². The summed E-state index contributed by atoms with van der Waals surface area (Å²) in [6.07, 6.45) is 0.752. The molecule has 0 saturated heterocycles. The van der Waals surface area contributed by atoms with Crippen LogP contribution >= 0.6 is 11.8 Å². The molecule has 0 aliphatic rings. The van der Waals surface area contributed by atoms with Crippen molar-refractivity contribution in [1.82, 2.24) is 5.32 Å². The molecule has 1 N–H and O–H groups in total. The molecule has 6 heteroatoms. The van der Waals surface area contributed by atoms with E-state index in [9.17, 15) is 13.6 Å². The number of amides is 1. The summed E-state index contributed by atoms with van der Waals surface area (Å²) in [5.74, 6) is -1.92. The normalized spacial score (nSPS) is 12.2. The molecular formula is C14H19F2NO2S. The summed E-state index contributed by atoms with van der Waals surface area (Å²) in [5, 5.41) is 2.41. The Bertz CT molecular complexity index is 443. The number of carbonyl (C=O) groups is 1. The maximum atomic E-state index is 13.0. The van der Waals surface area contributed by atoms with Gasteiger partial charge >= 0.3 is 0 Å². The summed E-state index contributed by atoms with van der Waals surface area (Å²) in [7, 11) is 0. The SMILES string of the molecule is CCOCCCNC(=O)C(C)Sc1ccc(F)c(F)c1. The second-order valence-corrected chi connectivity index (χ2v) is 5.59. The molecule has 0 radical (unpaired) electrons. The standard InChI is InChI=1S/C14H19F2NO2S/c1-3-19-8-4-7-17-14(18)10(2)20-11-5-6-12(15)13(16)9-11/h5-6,9-10H,3-4,7-8H2,1-2H3,(H,17,18). The third-order valence-electron chi connectivity index (χ3n) is 2.54. The predicted molar refractivity (Wildman–Crippen MR) is 75.8 cm³/mol. The first-order valence-corrected chi connectivity index (χ1v) is 7.39. The van der Waals surface area contributed by atoms with E-state index in [0.717, 1.165) is 18.6 Å². The van der Waals surface area contributed by atoms with Crippen molar-refractivity contribution < 1.29 is 18.3 Å². The van der Waals surface area contributed by atoms with Crippen molar-refractivity contribution in [2.45, 2.75) is 30.4 Å².